The van der Waals surface area contributed by atoms with Crippen molar-refractivity contribution in [2.24, 2.45) is 5.73 Å². The topological polar surface area (TPSA) is 68.0 Å². The first kappa shape index (κ1) is 16.4. The molecule has 1 amide bonds. The molecule has 4 nitrogen and oxygen atoms in total. The lowest BCUT2D eigenvalue weighted by atomic mass is 9.93. The maximum atomic E-state index is 11.3. The Bertz CT molecular complexity index is 371. The Morgan fingerprint density at radius 1 is 1.59 bits per heavy atom. The molecule has 0 saturated carbocycles. The zero-order valence-corrected chi connectivity index (χ0v) is 12.2. The normalized spacial score (nSPS) is 12.8. The van der Waals surface area contributed by atoms with Crippen LogP contribution in [-0.4, -0.2) is 16.9 Å². The number of aromatic nitrogens is 1. The minimum Gasteiger partial charge on any atom is -0.348 e. The molecule has 6 heteroatoms. The average Bonchev–Trinajstić information content (AvgIpc) is 2.61. The molecule has 0 aromatic carbocycles. The third-order valence-corrected chi connectivity index (χ3v) is 3.00. The molecule has 0 aliphatic heterocycles. The van der Waals surface area contributed by atoms with E-state index in [2.05, 4.69) is 31.1 Å². The minimum absolute atomic E-state index is 0. The van der Waals surface area contributed by atoms with Gasteiger partial charge in [-0.1, -0.05) is 20.8 Å². The predicted molar refractivity (Wildman–Crippen MR) is 73.6 cm³/mol. The van der Waals surface area contributed by atoms with E-state index < -0.39 is 6.04 Å². The van der Waals surface area contributed by atoms with Gasteiger partial charge >= 0.3 is 0 Å². The summed E-state index contributed by atoms with van der Waals surface area (Å²) in [6, 6.07) is -0.470. The predicted octanol–water partition coefficient (Wildman–Crippen LogP) is 1.83. The standard InChI is InChI=1S/C11H19N3OS.ClH/c1-7(12)10(15)13-5-9-14-8(6-16-9)11(2,3)4;/h6-7H,5,12H2,1-4H3,(H,13,15);1H. The Labute approximate surface area is 112 Å². The van der Waals surface area contributed by atoms with E-state index in [9.17, 15) is 4.79 Å². The van der Waals surface area contributed by atoms with E-state index in [1.54, 1.807) is 18.3 Å². The molecular formula is C11H20ClN3OS. The maximum absolute atomic E-state index is 11.3. The highest BCUT2D eigenvalue weighted by atomic mass is 35.5. The van der Waals surface area contributed by atoms with Crippen LogP contribution in [0.25, 0.3) is 0 Å². The lowest BCUT2D eigenvalue weighted by molar-refractivity contribution is -0.122. The fourth-order valence-electron chi connectivity index (χ4n) is 1.06. The fourth-order valence-corrected chi connectivity index (χ4v) is 2.02. The van der Waals surface area contributed by atoms with Crippen LogP contribution >= 0.6 is 23.7 Å². The molecule has 0 bridgehead atoms. The SMILES string of the molecule is CC(N)C(=O)NCc1nc(C(C)(C)C)cs1.Cl. The summed E-state index contributed by atoms with van der Waals surface area (Å²) in [6.45, 7) is 8.48. The van der Waals surface area contributed by atoms with Gasteiger partial charge in [-0.15, -0.1) is 23.7 Å². The van der Waals surface area contributed by atoms with E-state index in [0.29, 0.717) is 6.54 Å². The van der Waals surface area contributed by atoms with Gasteiger partial charge in [0.25, 0.3) is 0 Å². The van der Waals surface area contributed by atoms with Crippen molar-refractivity contribution in [2.75, 3.05) is 0 Å². The smallest absolute Gasteiger partial charge is 0.236 e. The van der Waals surface area contributed by atoms with Gasteiger partial charge in [-0.3, -0.25) is 4.79 Å². The Morgan fingerprint density at radius 2 is 2.18 bits per heavy atom. The number of nitrogens with one attached hydrogen (secondary N) is 1. The molecule has 0 fully saturated rings. The summed E-state index contributed by atoms with van der Waals surface area (Å²) in [7, 11) is 0. The summed E-state index contributed by atoms with van der Waals surface area (Å²) < 4.78 is 0. The number of carbonyl (C=O) groups is 1. The molecule has 0 aliphatic carbocycles. The van der Waals surface area contributed by atoms with Gasteiger partial charge in [-0.25, -0.2) is 4.98 Å². The van der Waals surface area contributed by atoms with E-state index >= 15 is 0 Å². The number of nitrogens with two attached hydrogens (primary N) is 1. The molecule has 1 aromatic rings. The number of amides is 1. The van der Waals surface area contributed by atoms with Crippen LogP contribution in [-0.2, 0) is 16.8 Å². The molecule has 1 rings (SSSR count). The van der Waals surface area contributed by atoms with Crippen molar-refractivity contribution in [2.45, 2.75) is 45.7 Å². The molecule has 3 N–H and O–H groups in total. The molecule has 0 radical (unpaired) electrons. The van der Waals surface area contributed by atoms with Crippen molar-refractivity contribution >= 4 is 29.7 Å². The van der Waals surface area contributed by atoms with Gasteiger partial charge in [0.1, 0.15) is 5.01 Å². The second kappa shape index (κ2) is 6.33. The fraction of sp³-hybridized carbons (Fsp3) is 0.636. The quantitative estimate of drug-likeness (QED) is 0.886. The molecule has 0 spiro atoms. The van der Waals surface area contributed by atoms with Crippen LogP contribution in [0.15, 0.2) is 5.38 Å². The number of nitrogens with zero attached hydrogens (tertiary/aromatic N) is 1. The Balaban J connectivity index is 0.00000256. The third kappa shape index (κ3) is 5.02. The molecule has 0 saturated heterocycles. The number of carbonyl (C=O) groups excluding carboxylic acids is 1. The monoisotopic (exact) mass is 277 g/mol. The summed E-state index contributed by atoms with van der Waals surface area (Å²) in [4.78, 5) is 15.7. The largest absolute Gasteiger partial charge is 0.348 e. The number of thiazole rings is 1. The highest BCUT2D eigenvalue weighted by Crippen LogP contribution is 2.23. The van der Waals surface area contributed by atoms with Crippen molar-refractivity contribution in [3.8, 4) is 0 Å². The Hall–Kier alpha value is -0.650. The summed E-state index contributed by atoms with van der Waals surface area (Å²) >= 11 is 1.56. The highest BCUT2D eigenvalue weighted by molar-refractivity contribution is 7.09. The zero-order valence-electron chi connectivity index (χ0n) is 10.6. The van der Waals surface area contributed by atoms with E-state index in [4.69, 9.17) is 5.73 Å². The lowest BCUT2D eigenvalue weighted by Gasteiger charge is -2.14. The summed E-state index contributed by atoms with van der Waals surface area (Å²) in [5.41, 5.74) is 6.56. The number of rotatable bonds is 3. The van der Waals surface area contributed by atoms with Gasteiger partial charge in [0.05, 0.1) is 18.3 Å². The van der Waals surface area contributed by atoms with Crippen molar-refractivity contribution in [3.05, 3.63) is 16.1 Å². The van der Waals surface area contributed by atoms with E-state index in [-0.39, 0.29) is 23.7 Å². The molecule has 1 unspecified atom stereocenters. The highest BCUT2D eigenvalue weighted by Gasteiger charge is 2.17. The summed E-state index contributed by atoms with van der Waals surface area (Å²) in [5.74, 6) is -0.146. The minimum atomic E-state index is -0.470. The van der Waals surface area contributed by atoms with Crippen LogP contribution in [0.3, 0.4) is 0 Å². The number of hydrogen-bond acceptors (Lipinski definition) is 4. The average molecular weight is 278 g/mol. The van der Waals surface area contributed by atoms with Crippen LogP contribution in [0.1, 0.15) is 38.4 Å². The maximum Gasteiger partial charge on any atom is 0.236 e. The second-order valence-electron chi connectivity index (χ2n) is 4.88. The lowest BCUT2D eigenvalue weighted by Crippen LogP contribution is -2.37. The van der Waals surface area contributed by atoms with Crippen molar-refractivity contribution in [3.63, 3.8) is 0 Å². The first-order valence-electron chi connectivity index (χ1n) is 5.29. The van der Waals surface area contributed by atoms with E-state index in [0.717, 1.165) is 10.7 Å². The zero-order chi connectivity index (χ0) is 12.3. The van der Waals surface area contributed by atoms with E-state index in [1.165, 1.54) is 0 Å². The van der Waals surface area contributed by atoms with Gasteiger partial charge in [-0.2, -0.15) is 0 Å². The molecule has 1 aromatic heterocycles. The van der Waals surface area contributed by atoms with Crippen LogP contribution in [0.5, 0.6) is 0 Å². The molecule has 1 atom stereocenters. The second-order valence-corrected chi connectivity index (χ2v) is 5.83. The van der Waals surface area contributed by atoms with Crippen molar-refractivity contribution in [1.82, 2.24) is 10.3 Å². The summed E-state index contributed by atoms with van der Waals surface area (Å²) in [6.07, 6.45) is 0. The Kier molecular flexibility index (Phi) is 6.09. The summed E-state index contributed by atoms with van der Waals surface area (Å²) in [5, 5.41) is 5.70. The van der Waals surface area contributed by atoms with Crippen LogP contribution in [0, 0.1) is 0 Å². The molecule has 17 heavy (non-hydrogen) atoms. The molecular weight excluding hydrogens is 258 g/mol. The first-order valence-corrected chi connectivity index (χ1v) is 6.17. The van der Waals surface area contributed by atoms with Gasteiger partial charge in [0.2, 0.25) is 5.91 Å². The molecule has 0 aliphatic rings. The van der Waals surface area contributed by atoms with Gasteiger partial charge in [-0.05, 0) is 6.92 Å². The van der Waals surface area contributed by atoms with Gasteiger partial charge in [0, 0.05) is 10.8 Å². The third-order valence-electron chi connectivity index (χ3n) is 2.15. The van der Waals surface area contributed by atoms with Crippen molar-refractivity contribution in [1.29, 1.82) is 0 Å². The van der Waals surface area contributed by atoms with Gasteiger partial charge < -0.3 is 11.1 Å². The van der Waals surface area contributed by atoms with Crippen LogP contribution in [0.2, 0.25) is 0 Å². The van der Waals surface area contributed by atoms with Crippen molar-refractivity contribution < 1.29 is 4.79 Å². The molecule has 98 valence electrons. The van der Waals surface area contributed by atoms with Crippen LogP contribution < -0.4 is 11.1 Å². The number of halogens is 1. The van der Waals surface area contributed by atoms with Gasteiger partial charge in [0.15, 0.2) is 0 Å². The molecule has 1 heterocycles. The van der Waals surface area contributed by atoms with E-state index in [1.807, 2.05) is 5.38 Å². The van der Waals surface area contributed by atoms with Crippen LogP contribution in [0.4, 0.5) is 0 Å². The Morgan fingerprint density at radius 3 is 2.59 bits per heavy atom. The number of hydrogen-bond donors (Lipinski definition) is 2. The first-order chi connectivity index (χ1) is 7.30.